The van der Waals surface area contributed by atoms with Crippen LogP contribution in [0.1, 0.15) is 12.8 Å². The van der Waals surface area contributed by atoms with Crippen molar-refractivity contribution in [2.45, 2.75) is 18.9 Å². The maximum Gasteiger partial charge on any atom is 0.318 e. The van der Waals surface area contributed by atoms with Crippen LogP contribution in [0.3, 0.4) is 0 Å². The summed E-state index contributed by atoms with van der Waals surface area (Å²) in [6.07, 6.45) is 3.55. The largest absolute Gasteiger partial charge is 0.467 e. The third kappa shape index (κ3) is 3.45. The highest BCUT2D eigenvalue weighted by molar-refractivity contribution is 6.32. The average molecular weight is 257 g/mol. The number of halogens is 1. The molecule has 1 fully saturated rings. The predicted octanol–water partition coefficient (Wildman–Crippen LogP) is 0.829. The Morgan fingerprint density at radius 1 is 1.65 bits per heavy atom. The van der Waals surface area contributed by atoms with E-state index >= 15 is 0 Å². The van der Waals surface area contributed by atoms with Crippen LogP contribution in [0.15, 0.2) is 6.20 Å². The van der Waals surface area contributed by atoms with Gasteiger partial charge < -0.3 is 15.4 Å². The van der Waals surface area contributed by atoms with Crippen LogP contribution in [0.5, 0.6) is 6.01 Å². The Hall–Kier alpha value is -1.56. The van der Waals surface area contributed by atoms with Gasteiger partial charge >= 0.3 is 6.01 Å². The number of rotatable bonds is 5. The zero-order chi connectivity index (χ0) is 12.3. The lowest BCUT2D eigenvalue weighted by molar-refractivity contribution is -0.119. The maximum atomic E-state index is 11.4. The van der Waals surface area contributed by atoms with Crippen molar-refractivity contribution in [3.8, 4) is 6.01 Å². The fourth-order valence-electron chi connectivity index (χ4n) is 1.24. The second kappa shape index (κ2) is 5.18. The van der Waals surface area contributed by atoms with E-state index in [1.54, 1.807) is 0 Å². The number of hydrogen-bond donors (Lipinski definition) is 2. The van der Waals surface area contributed by atoms with Crippen LogP contribution < -0.4 is 15.4 Å². The molecule has 6 nitrogen and oxygen atoms in total. The Balaban J connectivity index is 1.90. The third-order valence-electron chi connectivity index (χ3n) is 2.26. The lowest BCUT2D eigenvalue weighted by atomic mass is 10.5. The first kappa shape index (κ1) is 11.9. The van der Waals surface area contributed by atoms with Gasteiger partial charge in [-0.2, -0.15) is 4.98 Å². The van der Waals surface area contributed by atoms with Crippen molar-refractivity contribution in [2.24, 2.45) is 0 Å². The monoisotopic (exact) mass is 256 g/mol. The fourth-order valence-corrected chi connectivity index (χ4v) is 1.40. The molecule has 0 aliphatic heterocycles. The number of anilines is 1. The van der Waals surface area contributed by atoms with E-state index in [1.165, 1.54) is 13.3 Å². The summed E-state index contributed by atoms with van der Waals surface area (Å²) in [5.41, 5.74) is 0. The first-order chi connectivity index (χ1) is 8.19. The molecule has 0 spiro atoms. The van der Waals surface area contributed by atoms with E-state index in [2.05, 4.69) is 20.6 Å². The molecular formula is C10H13ClN4O2. The minimum Gasteiger partial charge on any atom is -0.467 e. The van der Waals surface area contributed by atoms with Crippen LogP contribution in [-0.2, 0) is 4.79 Å². The van der Waals surface area contributed by atoms with Crippen molar-refractivity contribution < 1.29 is 9.53 Å². The minimum absolute atomic E-state index is 0.0684. The Bertz CT molecular complexity index is 423. The van der Waals surface area contributed by atoms with E-state index in [-0.39, 0.29) is 18.5 Å². The molecule has 1 aromatic heterocycles. The Labute approximate surface area is 104 Å². The molecule has 1 amide bonds. The van der Waals surface area contributed by atoms with Gasteiger partial charge in [-0.25, -0.2) is 4.98 Å². The highest BCUT2D eigenvalue weighted by atomic mass is 35.5. The minimum atomic E-state index is -0.0684. The Morgan fingerprint density at radius 2 is 2.41 bits per heavy atom. The maximum absolute atomic E-state index is 11.4. The Morgan fingerprint density at radius 3 is 3.06 bits per heavy atom. The molecule has 1 saturated carbocycles. The molecule has 17 heavy (non-hydrogen) atoms. The standard InChI is InChI=1S/C10H13ClN4O2/c1-17-10-13-4-7(11)9(15-10)12-5-8(16)14-6-2-3-6/h4,6H,2-3,5H2,1H3,(H,14,16)(H,12,13,15). The average Bonchev–Trinajstić information content (AvgIpc) is 3.12. The zero-order valence-electron chi connectivity index (χ0n) is 9.36. The molecule has 2 N–H and O–H groups in total. The summed E-state index contributed by atoms with van der Waals surface area (Å²) in [7, 11) is 1.47. The molecule has 0 saturated heterocycles. The summed E-state index contributed by atoms with van der Waals surface area (Å²) in [5, 5.41) is 6.05. The predicted molar refractivity (Wildman–Crippen MR) is 63.2 cm³/mol. The van der Waals surface area contributed by atoms with E-state index in [0.29, 0.717) is 16.9 Å². The number of aromatic nitrogens is 2. The van der Waals surface area contributed by atoms with E-state index in [9.17, 15) is 4.79 Å². The molecule has 0 aromatic carbocycles. The van der Waals surface area contributed by atoms with Gasteiger partial charge in [0.15, 0.2) is 5.82 Å². The summed E-state index contributed by atoms with van der Waals surface area (Å²) in [5.74, 6) is 0.325. The number of ether oxygens (including phenoxy) is 1. The van der Waals surface area contributed by atoms with Crippen LogP contribution in [-0.4, -0.2) is 35.6 Å². The van der Waals surface area contributed by atoms with Gasteiger partial charge in [0.25, 0.3) is 0 Å². The summed E-state index contributed by atoms with van der Waals surface area (Å²) in [6, 6.07) is 0.555. The number of carbonyl (C=O) groups is 1. The van der Waals surface area contributed by atoms with Crippen molar-refractivity contribution >= 4 is 23.3 Å². The van der Waals surface area contributed by atoms with Crippen molar-refractivity contribution in [3.05, 3.63) is 11.2 Å². The van der Waals surface area contributed by atoms with Gasteiger partial charge in [-0.3, -0.25) is 4.79 Å². The van der Waals surface area contributed by atoms with Crippen molar-refractivity contribution in [1.82, 2.24) is 15.3 Å². The first-order valence-electron chi connectivity index (χ1n) is 5.29. The van der Waals surface area contributed by atoms with Gasteiger partial charge in [0.1, 0.15) is 5.02 Å². The van der Waals surface area contributed by atoms with Gasteiger partial charge in [-0.05, 0) is 12.8 Å². The molecule has 0 atom stereocenters. The van der Waals surface area contributed by atoms with Crippen molar-refractivity contribution in [3.63, 3.8) is 0 Å². The van der Waals surface area contributed by atoms with E-state index in [4.69, 9.17) is 16.3 Å². The summed E-state index contributed by atoms with van der Waals surface area (Å²) < 4.78 is 4.87. The third-order valence-corrected chi connectivity index (χ3v) is 2.54. The quantitative estimate of drug-likeness (QED) is 0.816. The molecule has 1 aromatic rings. The molecule has 0 unspecified atom stereocenters. The number of nitrogens with one attached hydrogen (secondary N) is 2. The molecular weight excluding hydrogens is 244 g/mol. The molecule has 7 heteroatoms. The molecule has 0 bridgehead atoms. The second-order valence-electron chi connectivity index (χ2n) is 3.75. The molecule has 0 radical (unpaired) electrons. The normalized spacial score (nSPS) is 14.2. The highest BCUT2D eigenvalue weighted by Crippen LogP contribution is 2.20. The number of hydrogen-bond acceptors (Lipinski definition) is 5. The molecule has 1 heterocycles. The lowest BCUT2D eigenvalue weighted by Crippen LogP contribution is -2.31. The van der Waals surface area contributed by atoms with Gasteiger partial charge in [0.2, 0.25) is 5.91 Å². The van der Waals surface area contributed by atoms with Gasteiger partial charge in [-0.1, -0.05) is 11.6 Å². The number of carbonyl (C=O) groups excluding carboxylic acids is 1. The van der Waals surface area contributed by atoms with Gasteiger partial charge in [-0.15, -0.1) is 0 Å². The number of amides is 1. The summed E-state index contributed by atoms with van der Waals surface area (Å²) in [4.78, 5) is 19.3. The van der Waals surface area contributed by atoms with E-state index in [1.807, 2.05) is 0 Å². The molecule has 2 rings (SSSR count). The second-order valence-corrected chi connectivity index (χ2v) is 4.16. The van der Waals surface area contributed by atoms with Crippen LogP contribution in [0.4, 0.5) is 5.82 Å². The molecule has 1 aliphatic rings. The number of methoxy groups -OCH3 is 1. The topological polar surface area (TPSA) is 76.1 Å². The SMILES string of the molecule is COc1ncc(Cl)c(NCC(=O)NC2CC2)n1. The number of nitrogens with zero attached hydrogens (tertiary/aromatic N) is 2. The fraction of sp³-hybridized carbons (Fsp3) is 0.500. The lowest BCUT2D eigenvalue weighted by Gasteiger charge is -2.08. The van der Waals surface area contributed by atoms with Crippen molar-refractivity contribution in [1.29, 1.82) is 0 Å². The van der Waals surface area contributed by atoms with E-state index in [0.717, 1.165) is 12.8 Å². The van der Waals surface area contributed by atoms with Crippen molar-refractivity contribution in [2.75, 3.05) is 19.0 Å². The highest BCUT2D eigenvalue weighted by Gasteiger charge is 2.23. The van der Waals surface area contributed by atoms with E-state index < -0.39 is 0 Å². The van der Waals surface area contributed by atoms with Crippen LogP contribution in [0, 0.1) is 0 Å². The van der Waals surface area contributed by atoms with Crippen LogP contribution in [0.2, 0.25) is 5.02 Å². The first-order valence-corrected chi connectivity index (χ1v) is 5.66. The van der Waals surface area contributed by atoms with Gasteiger partial charge in [0, 0.05) is 6.04 Å². The Kier molecular flexibility index (Phi) is 3.63. The van der Waals surface area contributed by atoms with Crippen LogP contribution in [0.25, 0.3) is 0 Å². The smallest absolute Gasteiger partial charge is 0.318 e. The van der Waals surface area contributed by atoms with Gasteiger partial charge in [0.05, 0.1) is 19.9 Å². The molecule has 1 aliphatic carbocycles. The summed E-state index contributed by atoms with van der Waals surface area (Å²) in [6.45, 7) is 0.135. The molecule has 92 valence electrons. The summed E-state index contributed by atoms with van der Waals surface area (Å²) >= 11 is 5.88. The zero-order valence-corrected chi connectivity index (χ0v) is 10.1. The van der Waals surface area contributed by atoms with Crippen LogP contribution >= 0.6 is 11.6 Å².